The Hall–Kier alpha value is -3.66. The van der Waals surface area contributed by atoms with Crippen molar-refractivity contribution in [2.45, 2.75) is 13.5 Å². The normalized spacial score (nSPS) is 10.6. The van der Waals surface area contributed by atoms with Gasteiger partial charge in [0.25, 0.3) is 0 Å². The third-order valence-corrected chi connectivity index (χ3v) is 4.00. The van der Waals surface area contributed by atoms with Gasteiger partial charge in [0.05, 0.1) is 0 Å². The zero-order chi connectivity index (χ0) is 19.8. The van der Waals surface area contributed by atoms with E-state index < -0.39 is 5.97 Å². The van der Waals surface area contributed by atoms with Gasteiger partial charge in [-0.1, -0.05) is 66.7 Å². The van der Waals surface area contributed by atoms with Crippen LogP contribution in [0.2, 0.25) is 0 Å². The lowest BCUT2D eigenvalue weighted by molar-refractivity contribution is -0.128. The van der Waals surface area contributed by atoms with Gasteiger partial charge in [0, 0.05) is 6.08 Å². The molecular weight excluding hydrogens is 352 g/mol. The van der Waals surface area contributed by atoms with E-state index in [1.54, 1.807) is 24.3 Å². The van der Waals surface area contributed by atoms with Crippen LogP contribution in [0.1, 0.15) is 28.4 Å². The van der Waals surface area contributed by atoms with Gasteiger partial charge < -0.3 is 9.47 Å². The molecule has 4 nitrogen and oxygen atoms in total. The maximum absolute atomic E-state index is 12.2. The van der Waals surface area contributed by atoms with Gasteiger partial charge in [0.2, 0.25) is 0 Å². The summed E-state index contributed by atoms with van der Waals surface area (Å²) in [5.41, 5.74) is 2.11. The highest BCUT2D eigenvalue weighted by Crippen LogP contribution is 2.30. The van der Waals surface area contributed by atoms with E-state index >= 15 is 0 Å². The van der Waals surface area contributed by atoms with Gasteiger partial charge >= 0.3 is 5.97 Å². The molecule has 140 valence electrons. The van der Waals surface area contributed by atoms with Gasteiger partial charge in [-0.15, -0.1) is 0 Å². The molecule has 3 aromatic rings. The Morgan fingerprint density at radius 1 is 0.821 bits per heavy atom. The van der Waals surface area contributed by atoms with Gasteiger partial charge in [0.1, 0.15) is 23.7 Å². The number of hydrogen-bond donors (Lipinski definition) is 0. The topological polar surface area (TPSA) is 52.6 Å². The Morgan fingerprint density at radius 3 is 2.14 bits per heavy atom. The van der Waals surface area contributed by atoms with Crippen LogP contribution in [0.25, 0.3) is 6.08 Å². The smallest absolute Gasteiger partial charge is 0.336 e. The Balaban J connectivity index is 1.76. The van der Waals surface area contributed by atoms with Crippen molar-refractivity contribution in [1.82, 2.24) is 0 Å². The molecule has 3 aromatic carbocycles. The highest BCUT2D eigenvalue weighted by atomic mass is 16.5. The lowest BCUT2D eigenvalue weighted by Crippen LogP contribution is -2.09. The van der Waals surface area contributed by atoms with Crippen LogP contribution in [0.4, 0.5) is 0 Å². The van der Waals surface area contributed by atoms with Crippen molar-refractivity contribution in [2.24, 2.45) is 0 Å². The molecule has 0 aliphatic rings. The van der Waals surface area contributed by atoms with Gasteiger partial charge in [-0.3, -0.25) is 4.79 Å². The van der Waals surface area contributed by atoms with E-state index in [-0.39, 0.29) is 17.1 Å². The van der Waals surface area contributed by atoms with Crippen molar-refractivity contribution in [3.8, 4) is 11.5 Å². The van der Waals surface area contributed by atoms with E-state index in [2.05, 4.69) is 0 Å². The number of carbonyl (C=O) groups excluding carboxylic acids is 2. The summed E-state index contributed by atoms with van der Waals surface area (Å²) in [5.74, 6) is -0.237. The molecule has 0 heterocycles. The van der Waals surface area contributed by atoms with E-state index in [1.807, 2.05) is 60.7 Å². The minimum absolute atomic E-state index is 0.181. The molecule has 0 bridgehead atoms. The average molecular weight is 372 g/mol. The first-order valence-electron chi connectivity index (χ1n) is 8.89. The molecular formula is C24H20O4. The minimum Gasteiger partial charge on any atom is -0.488 e. The predicted molar refractivity (Wildman–Crippen MR) is 108 cm³/mol. The summed E-state index contributed by atoms with van der Waals surface area (Å²) in [5, 5.41) is 0. The Morgan fingerprint density at radius 2 is 1.46 bits per heavy atom. The summed E-state index contributed by atoms with van der Waals surface area (Å²) in [4.78, 5) is 24.4. The van der Waals surface area contributed by atoms with Crippen molar-refractivity contribution >= 4 is 17.8 Å². The van der Waals surface area contributed by atoms with Crippen LogP contribution in [0.15, 0.2) is 84.9 Å². The highest BCUT2D eigenvalue weighted by Gasteiger charge is 2.17. The molecule has 0 spiro atoms. The summed E-state index contributed by atoms with van der Waals surface area (Å²) in [6, 6.07) is 24.0. The third kappa shape index (κ3) is 5.17. The first-order chi connectivity index (χ1) is 13.6. The molecule has 0 amide bonds. The number of ether oxygens (including phenoxy) is 2. The Labute approximate surface area is 164 Å². The molecule has 0 atom stereocenters. The van der Waals surface area contributed by atoms with Crippen molar-refractivity contribution < 1.29 is 19.1 Å². The van der Waals surface area contributed by atoms with Crippen molar-refractivity contribution in [3.05, 3.63) is 102 Å². The van der Waals surface area contributed by atoms with Crippen LogP contribution in [0.5, 0.6) is 11.5 Å². The fourth-order valence-electron chi connectivity index (χ4n) is 2.67. The summed E-state index contributed by atoms with van der Waals surface area (Å²) < 4.78 is 11.2. The molecule has 0 radical (unpaired) electrons. The monoisotopic (exact) mass is 372 g/mol. The Kier molecular flexibility index (Phi) is 6.37. The zero-order valence-corrected chi connectivity index (χ0v) is 15.5. The van der Waals surface area contributed by atoms with Crippen LogP contribution < -0.4 is 9.47 Å². The summed E-state index contributed by atoms with van der Waals surface area (Å²) in [6.45, 7) is 1.73. The predicted octanol–water partition coefficient (Wildman–Crippen LogP) is 5.09. The van der Waals surface area contributed by atoms with Crippen molar-refractivity contribution in [2.75, 3.05) is 0 Å². The first kappa shape index (κ1) is 19.1. The summed E-state index contributed by atoms with van der Waals surface area (Å²) in [7, 11) is 0. The number of carbonyl (C=O) groups is 2. The van der Waals surface area contributed by atoms with E-state index in [4.69, 9.17) is 9.47 Å². The largest absolute Gasteiger partial charge is 0.488 e. The Bertz CT molecular complexity index is 976. The second-order valence-corrected chi connectivity index (χ2v) is 6.12. The quantitative estimate of drug-likeness (QED) is 0.251. The van der Waals surface area contributed by atoms with E-state index in [9.17, 15) is 9.59 Å². The number of esters is 1. The SMILES string of the molecule is CC(=O)c1c(OCc2ccccc2)cccc1OC(=O)/C=C/c1ccccc1. The number of benzene rings is 3. The van der Waals surface area contributed by atoms with Crippen LogP contribution in [0, 0.1) is 0 Å². The molecule has 0 unspecified atom stereocenters. The first-order valence-corrected chi connectivity index (χ1v) is 8.89. The fraction of sp³-hybridized carbons (Fsp3) is 0.0833. The molecule has 28 heavy (non-hydrogen) atoms. The molecule has 3 rings (SSSR count). The second-order valence-electron chi connectivity index (χ2n) is 6.12. The number of ketones is 1. The number of rotatable bonds is 7. The van der Waals surface area contributed by atoms with Crippen LogP contribution in [-0.2, 0) is 11.4 Å². The summed E-state index contributed by atoms with van der Waals surface area (Å²) >= 11 is 0. The van der Waals surface area contributed by atoms with Crippen LogP contribution in [0.3, 0.4) is 0 Å². The fourth-order valence-corrected chi connectivity index (χ4v) is 2.67. The maximum atomic E-state index is 12.2. The minimum atomic E-state index is -0.563. The third-order valence-electron chi connectivity index (χ3n) is 4.00. The number of Topliss-reactive ketones (excluding diaryl/α,β-unsaturated/α-hetero) is 1. The van der Waals surface area contributed by atoms with E-state index in [1.165, 1.54) is 13.0 Å². The molecule has 0 aromatic heterocycles. The number of hydrogen-bond acceptors (Lipinski definition) is 4. The average Bonchev–Trinajstić information content (AvgIpc) is 2.72. The molecule has 4 heteroatoms. The molecule has 0 fully saturated rings. The van der Waals surface area contributed by atoms with E-state index in [0.717, 1.165) is 11.1 Å². The van der Waals surface area contributed by atoms with Crippen molar-refractivity contribution in [3.63, 3.8) is 0 Å². The molecule has 0 saturated heterocycles. The molecule has 0 aliphatic heterocycles. The maximum Gasteiger partial charge on any atom is 0.336 e. The highest BCUT2D eigenvalue weighted by molar-refractivity contribution is 6.01. The van der Waals surface area contributed by atoms with Gasteiger partial charge in [-0.2, -0.15) is 0 Å². The summed E-state index contributed by atoms with van der Waals surface area (Å²) in [6.07, 6.45) is 2.99. The van der Waals surface area contributed by atoms with Crippen LogP contribution in [-0.4, -0.2) is 11.8 Å². The molecule has 0 aliphatic carbocycles. The lowest BCUT2D eigenvalue weighted by Gasteiger charge is -2.13. The van der Waals surface area contributed by atoms with Crippen LogP contribution >= 0.6 is 0 Å². The van der Waals surface area contributed by atoms with Crippen molar-refractivity contribution in [1.29, 1.82) is 0 Å². The standard InChI is InChI=1S/C24H20O4/c1-18(25)24-21(27-17-20-11-6-3-7-12-20)13-8-14-22(24)28-23(26)16-15-19-9-4-2-5-10-19/h2-16H,17H2,1H3/b16-15+. The van der Waals surface area contributed by atoms with E-state index in [0.29, 0.717) is 12.4 Å². The van der Waals surface area contributed by atoms with Gasteiger partial charge in [-0.25, -0.2) is 4.79 Å². The second kappa shape index (κ2) is 9.33. The van der Waals surface area contributed by atoms with Gasteiger partial charge in [-0.05, 0) is 36.3 Å². The molecule has 0 saturated carbocycles. The zero-order valence-electron chi connectivity index (χ0n) is 15.5. The molecule has 0 N–H and O–H groups in total. The lowest BCUT2D eigenvalue weighted by atomic mass is 10.1. The van der Waals surface area contributed by atoms with Gasteiger partial charge in [0.15, 0.2) is 5.78 Å².